The first-order valence-corrected chi connectivity index (χ1v) is 10.7. The highest BCUT2D eigenvalue weighted by Gasteiger charge is 2.32. The molecule has 1 amide bonds. The average Bonchev–Trinajstić information content (AvgIpc) is 3.32. The molecule has 13 heteroatoms. The third-order valence-corrected chi connectivity index (χ3v) is 5.66. The van der Waals surface area contributed by atoms with E-state index in [0.717, 1.165) is 10.6 Å². The molecule has 0 aromatic carbocycles. The van der Waals surface area contributed by atoms with E-state index in [1.807, 2.05) is 13.8 Å². The van der Waals surface area contributed by atoms with Crippen LogP contribution in [0.4, 0.5) is 22.0 Å². The summed E-state index contributed by atoms with van der Waals surface area (Å²) < 4.78 is 75.4. The monoisotopic (exact) mass is 494 g/mol. The van der Waals surface area contributed by atoms with E-state index in [2.05, 4.69) is 15.1 Å². The summed E-state index contributed by atoms with van der Waals surface area (Å²) in [6.07, 6.45) is -1.64. The molecule has 1 saturated heterocycles. The van der Waals surface area contributed by atoms with Gasteiger partial charge in [0.15, 0.2) is 11.5 Å². The fraction of sp³-hybridized carbons (Fsp3) is 0.364. The summed E-state index contributed by atoms with van der Waals surface area (Å²) in [7, 11) is 0. The summed E-state index contributed by atoms with van der Waals surface area (Å²) in [4.78, 5) is 22.7. The number of halogens is 5. The molecular weight excluding hydrogens is 475 g/mol. The van der Waals surface area contributed by atoms with E-state index < -0.39 is 30.3 Å². The zero-order valence-corrected chi connectivity index (χ0v) is 18.6. The summed E-state index contributed by atoms with van der Waals surface area (Å²) in [5.74, 6) is -2.28. The Kier molecular flexibility index (Phi) is 5.46. The van der Waals surface area contributed by atoms with Crippen LogP contribution in [0.5, 0.6) is 0 Å². The molecule has 0 unspecified atom stereocenters. The van der Waals surface area contributed by atoms with Crippen LogP contribution < -0.4 is 0 Å². The molecule has 0 radical (unpaired) electrons. The molecule has 5 rings (SSSR count). The number of hydrogen-bond donors (Lipinski definition) is 0. The number of fused-ring (bicyclic) bond motifs is 2. The molecule has 1 aliphatic rings. The van der Waals surface area contributed by atoms with E-state index in [-0.39, 0.29) is 45.8 Å². The Morgan fingerprint density at radius 1 is 1.11 bits per heavy atom. The molecule has 0 aliphatic carbocycles. The lowest BCUT2D eigenvalue weighted by Crippen LogP contribution is -2.48. The van der Waals surface area contributed by atoms with Crippen molar-refractivity contribution in [3.05, 3.63) is 48.1 Å². The molecule has 1 fully saturated rings. The highest BCUT2D eigenvalue weighted by Crippen LogP contribution is 2.31. The first-order chi connectivity index (χ1) is 16.5. The van der Waals surface area contributed by atoms with Crippen LogP contribution in [0.25, 0.3) is 27.9 Å². The SMILES string of the molecule is C[C@@H]1CN(C(=O)c2cc3c(cn2)c(-c2cnc4c(F)cc(F)cn24)nn3CC(F)(F)F)C[C@H](C)O1. The fourth-order valence-corrected chi connectivity index (χ4v) is 4.36. The third-order valence-electron chi connectivity index (χ3n) is 5.66. The van der Waals surface area contributed by atoms with Gasteiger partial charge in [0.25, 0.3) is 5.91 Å². The number of carbonyl (C=O) groups is 1. The van der Waals surface area contributed by atoms with E-state index >= 15 is 0 Å². The number of alkyl halides is 3. The number of pyridine rings is 2. The number of imidazole rings is 1. The van der Waals surface area contributed by atoms with E-state index in [1.54, 1.807) is 0 Å². The van der Waals surface area contributed by atoms with Crippen molar-refractivity contribution in [2.45, 2.75) is 38.8 Å². The Morgan fingerprint density at radius 2 is 1.83 bits per heavy atom. The predicted molar refractivity (Wildman–Crippen MR) is 114 cm³/mol. The van der Waals surface area contributed by atoms with Crippen LogP contribution in [0.3, 0.4) is 0 Å². The first kappa shape index (κ1) is 23.1. The van der Waals surface area contributed by atoms with Crippen molar-refractivity contribution >= 4 is 22.5 Å². The molecule has 0 saturated carbocycles. The minimum Gasteiger partial charge on any atom is -0.372 e. The van der Waals surface area contributed by atoms with Gasteiger partial charge in [0, 0.05) is 36.9 Å². The van der Waals surface area contributed by atoms with Crippen LogP contribution in [0.2, 0.25) is 0 Å². The van der Waals surface area contributed by atoms with Gasteiger partial charge in [-0.3, -0.25) is 18.9 Å². The number of ether oxygens (including phenoxy) is 1. The summed E-state index contributed by atoms with van der Waals surface area (Å²) in [6.45, 7) is 2.83. The summed E-state index contributed by atoms with van der Waals surface area (Å²) in [6, 6.07) is 1.90. The van der Waals surface area contributed by atoms with Gasteiger partial charge in [-0.25, -0.2) is 13.8 Å². The minimum absolute atomic E-state index is 0.00291. The molecule has 0 spiro atoms. The van der Waals surface area contributed by atoms with Crippen molar-refractivity contribution < 1.29 is 31.5 Å². The third kappa shape index (κ3) is 4.31. The summed E-state index contributed by atoms with van der Waals surface area (Å²) in [5.41, 5.74) is -0.209. The highest BCUT2D eigenvalue weighted by molar-refractivity contribution is 5.99. The van der Waals surface area contributed by atoms with Crippen molar-refractivity contribution in [2.75, 3.05) is 13.1 Å². The maximum Gasteiger partial charge on any atom is 0.408 e. The number of amides is 1. The van der Waals surface area contributed by atoms with Crippen molar-refractivity contribution in [1.29, 1.82) is 0 Å². The van der Waals surface area contributed by atoms with E-state index in [1.165, 1.54) is 23.4 Å². The Balaban J connectivity index is 1.64. The van der Waals surface area contributed by atoms with Crippen LogP contribution in [0.1, 0.15) is 24.3 Å². The lowest BCUT2D eigenvalue weighted by molar-refractivity contribution is -0.141. The van der Waals surface area contributed by atoms with Gasteiger partial charge in [-0.2, -0.15) is 18.3 Å². The average molecular weight is 494 g/mol. The van der Waals surface area contributed by atoms with Gasteiger partial charge < -0.3 is 9.64 Å². The zero-order valence-electron chi connectivity index (χ0n) is 18.6. The molecule has 4 aromatic heterocycles. The van der Waals surface area contributed by atoms with Crippen LogP contribution in [-0.4, -0.2) is 66.4 Å². The molecule has 0 bridgehead atoms. The summed E-state index contributed by atoms with van der Waals surface area (Å²) in [5, 5.41) is 4.24. The molecule has 5 heterocycles. The molecule has 1 aliphatic heterocycles. The van der Waals surface area contributed by atoms with E-state index in [4.69, 9.17) is 4.74 Å². The molecular formula is C22H19F5N6O2. The maximum absolute atomic E-state index is 14.1. The Morgan fingerprint density at radius 3 is 2.51 bits per heavy atom. The van der Waals surface area contributed by atoms with Gasteiger partial charge >= 0.3 is 6.18 Å². The number of morpholine rings is 1. The number of aromatic nitrogens is 5. The van der Waals surface area contributed by atoms with Gasteiger partial charge in [-0.05, 0) is 19.9 Å². The minimum atomic E-state index is -4.61. The van der Waals surface area contributed by atoms with Gasteiger partial charge in [0.05, 0.1) is 29.6 Å². The van der Waals surface area contributed by atoms with Crippen LogP contribution in [-0.2, 0) is 11.3 Å². The van der Waals surface area contributed by atoms with Crippen molar-refractivity contribution in [2.24, 2.45) is 0 Å². The molecule has 2 atom stereocenters. The fourth-order valence-electron chi connectivity index (χ4n) is 4.36. The second kappa shape index (κ2) is 8.26. The number of nitrogens with zero attached hydrogens (tertiary/aromatic N) is 6. The molecule has 0 N–H and O–H groups in total. The standard InChI is InChI=1S/C22H19F5N6O2/c1-11-7-31(8-12(2)35-11)21(34)16-4-17-14(5-28-16)19(30-33(17)10-22(25,26)27)18-6-29-20-15(24)3-13(23)9-32(18)20/h3-6,9,11-12H,7-8,10H2,1-2H3/t11-,12+. The summed E-state index contributed by atoms with van der Waals surface area (Å²) >= 11 is 0. The largest absolute Gasteiger partial charge is 0.408 e. The topological polar surface area (TPSA) is 77.5 Å². The molecule has 8 nitrogen and oxygen atoms in total. The lowest BCUT2D eigenvalue weighted by Gasteiger charge is -2.35. The van der Waals surface area contributed by atoms with Crippen molar-refractivity contribution in [3.63, 3.8) is 0 Å². The van der Waals surface area contributed by atoms with E-state index in [9.17, 15) is 26.7 Å². The highest BCUT2D eigenvalue weighted by atomic mass is 19.4. The predicted octanol–water partition coefficient (Wildman–Crippen LogP) is 3.84. The molecule has 35 heavy (non-hydrogen) atoms. The van der Waals surface area contributed by atoms with Gasteiger partial charge in [0.2, 0.25) is 0 Å². The number of rotatable bonds is 3. The van der Waals surface area contributed by atoms with Crippen LogP contribution in [0.15, 0.2) is 30.7 Å². The quantitative estimate of drug-likeness (QED) is 0.405. The van der Waals surface area contributed by atoms with Crippen molar-refractivity contribution in [3.8, 4) is 11.4 Å². The number of hydrogen-bond acceptors (Lipinski definition) is 5. The first-order valence-electron chi connectivity index (χ1n) is 10.7. The maximum atomic E-state index is 14.1. The van der Waals surface area contributed by atoms with Gasteiger partial charge in [0.1, 0.15) is 23.7 Å². The van der Waals surface area contributed by atoms with E-state index in [0.29, 0.717) is 23.8 Å². The van der Waals surface area contributed by atoms with Crippen LogP contribution in [0, 0.1) is 11.6 Å². The zero-order chi connectivity index (χ0) is 25.1. The Labute approximate surface area is 194 Å². The van der Waals surface area contributed by atoms with Crippen molar-refractivity contribution in [1.82, 2.24) is 29.0 Å². The smallest absolute Gasteiger partial charge is 0.372 e. The Bertz CT molecular complexity index is 1440. The molecule has 4 aromatic rings. The second-order valence-corrected chi connectivity index (χ2v) is 8.52. The second-order valence-electron chi connectivity index (χ2n) is 8.52. The number of carbonyl (C=O) groups excluding carboxylic acids is 1. The normalized spacial score (nSPS) is 19.1. The lowest BCUT2D eigenvalue weighted by atomic mass is 10.1. The van der Waals surface area contributed by atoms with Gasteiger partial charge in [-0.15, -0.1) is 0 Å². The Hall–Kier alpha value is -3.61. The van der Waals surface area contributed by atoms with Crippen LogP contribution >= 0.6 is 0 Å². The van der Waals surface area contributed by atoms with Gasteiger partial charge in [-0.1, -0.05) is 0 Å². The molecule has 184 valence electrons.